The molecule has 21 heavy (non-hydrogen) atoms. The van der Waals surface area contributed by atoms with Crippen LogP contribution in [0, 0.1) is 5.92 Å². The third-order valence-corrected chi connectivity index (χ3v) is 3.64. The van der Waals surface area contributed by atoms with E-state index in [0.717, 1.165) is 28.2 Å². The molecule has 110 valence electrons. The van der Waals surface area contributed by atoms with Gasteiger partial charge in [-0.3, -0.25) is 0 Å². The average Bonchev–Trinajstić information content (AvgIpc) is 3.12. The van der Waals surface area contributed by atoms with Crippen molar-refractivity contribution in [2.24, 2.45) is 5.92 Å². The molecule has 0 saturated heterocycles. The molecule has 0 fully saturated rings. The van der Waals surface area contributed by atoms with Gasteiger partial charge >= 0.3 is 0 Å². The van der Waals surface area contributed by atoms with E-state index in [1.54, 1.807) is 0 Å². The van der Waals surface area contributed by atoms with Crippen LogP contribution in [0.4, 0.5) is 5.82 Å². The highest BCUT2D eigenvalue weighted by Gasteiger charge is 2.15. The standard InChI is InChI=1S/C15H19N5O/c1-9(2)13(7-21)20-15-10-6-12(11-4-3-5-16-11)19-14(10)17-8-18-15/h3-6,8-9,13,16,21H,7H2,1-2H3,(H2,17,18,19,20)/t13-/m0/s1. The largest absolute Gasteiger partial charge is 0.394 e. The van der Waals surface area contributed by atoms with E-state index in [0.29, 0.717) is 5.92 Å². The monoisotopic (exact) mass is 285 g/mol. The van der Waals surface area contributed by atoms with Gasteiger partial charge in [0.25, 0.3) is 0 Å². The van der Waals surface area contributed by atoms with Crippen molar-refractivity contribution in [3.05, 3.63) is 30.7 Å². The van der Waals surface area contributed by atoms with E-state index in [2.05, 4.69) is 39.1 Å². The fraction of sp³-hybridized carbons (Fsp3) is 0.333. The Morgan fingerprint density at radius 3 is 2.81 bits per heavy atom. The molecule has 0 bridgehead atoms. The maximum Gasteiger partial charge on any atom is 0.143 e. The number of nitrogens with zero attached hydrogens (tertiary/aromatic N) is 2. The Morgan fingerprint density at radius 2 is 2.14 bits per heavy atom. The van der Waals surface area contributed by atoms with Crippen LogP contribution in [0.1, 0.15) is 13.8 Å². The van der Waals surface area contributed by atoms with Crippen LogP contribution in [0.2, 0.25) is 0 Å². The summed E-state index contributed by atoms with van der Waals surface area (Å²) in [6.45, 7) is 4.19. The Bertz CT molecular complexity index is 717. The van der Waals surface area contributed by atoms with E-state index in [1.807, 2.05) is 24.4 Å². The van der Waals surface area contributed by atoms with Gasteiger partial charge in [0.15, 0.2) is 0 Å². The summed E-state index contributed by atoms with van der Waals surface area (Å²) in [5.41, 5.74) is 2.74. The van der Waals surface area contributed by atoms with Gasteiger partial charge in [0, 0.05) is 6.20 Å². The number of hydrogen-bond acceptors (Lipinski definition) is 4. The first kappa shape index (κ1) is 13.6. The van der Waals surface area contributed by atoms with Crippen molar-refractivity contribution < 1.29 is 5.11 Å². The van der Waals surface area contributed by atoms with Gasteiger partial charge in [-0.05, 0) is 24.1 Å². The number of aliphatic hydroxyl groups excluding tert-OH is 1. The first-order chi connectivity index (χ1) is 10.2. The zero-order valence-electron chi connectivity index (χ0n) is 12.1. The molecule has 0 aliphatic rings. The van der Waals surface area contributed by atoms with Gasteiger partial charge in [-0.25, -0.2) is 9.97 Å². The molecule has 0 unspecified atom stereocenters. The smallest absolute Gasteiger partial charge is 0.143 e. The Kier molecular flexibility index (Phi) is 3.62. The number of rotatable bonds is 5. The third-order valence-electron chi connectivity index (χ3n) is 3.64. The van der Waals surface area contributed by atoms with Gasteiger partial charge in [0.1, 0.15) is 17.8 Å². The average molecular weight is 285 g/mol. The van der Waals surface area contributed by atoms with Crippen LogP contribution >= 0.6 is 0 Å². The number of aliphatic hydroxyl groups is 1. The molecule has 0 aliphatic carbocycles. The molecule has 0 aliphatic heterocycles. The number of fused-ring (bicyclic) bond motifs is 1. The number of anilines is 1. The maximum absolute atomic E-state index is 9.47. The lowest BCUT2D eigenvalue weighted by atomic mass is 10.1. The molecule has 3 aromatic heterocycles. The van der Waals surface area contributed by atoms with Crippen LogP contribution in [0.3, 0.4) is 0 Å². The summed E-state index contributed by atoms with van der Waals surface area (Å²) in [5.74, 6) is 1.05. The molecule has 6 nitrogen and oxygen atoms in total. The third kappa shape index (κ3) is 2.62. The Hall–Kier alpha value is -2.34. The molecule has 4 N–H and O–H groups in total. The first-order valence-corrected chi connectivity index (χ1v) is 7.04. The Morgan fingerprint density at radius 1 is 1.29 bits per heavy atom. The fourth-order valence-electron chi connectivity index (χ4n) is 2.30. The summed E-state index contributed by atoms with van der Waals surface area (Å²) >= 11 is 0. The van der Waals surface area contributed by atoms with Gasteiger partial charge in [-0.1, -0.05) is 13.8 Å². The van der Waals surface area contributed by atoms with Crippen molar-refractivity contribution in [1.82, 2.24) is 19.9 Å². The minimum Gasteiger partial charge on any atom is -0.394 e. The summed E-state index contributed by atoms with van der Waals surface area (Å²) in [4.78, 5) is 15.0. The van der Waals surface area contributed by atoms with Gasteiger partial charge in [-0.15, -0.1) is 0 Å². The molecule has 0 aromatic carbocycles. The minimum atomic E-state index is -0.0352. The predicted octanol–water partition coefficient (Wildman–Crippen LogP) is 2.38. The maximum atomic E-state index is 9.47. The fourth-order valence-corrected chi connectivity index (χ4v) is 2.30. The molecule has 3 rings (SSSR count). The Labute approximate surface area is 122 Å². The van der Waals surface area contributed by atoms with Crippen molar-refractivity contribution >= 4 is 16.9 Å². The second-order valence-corrected chi connectivity index (χ2v) is 5.43. The van der Waals surface area contributed by atoms with Crippen LogP contribution in [-0.4, -0.2) is 37.7 Å². The molecular weight excluding hydrogens is 266 g/mol. The lowest BCUT2D eigenvalue weighted by molar-refractivity contribution is 0.249. The molecule has 3 aromatic rings. The highest BCUT2D eigenvalue weighted by molar-refractivity contribution is 5.91. The van der Waals surface area contributed by atoms with Crippen LogP contribution in [0.5, 0.6) is 0 Å². The van der Waals surface area contributed by atoms with Crippen LogP contribution in [0.15, 0.2) is 30.7 Å². The van der Waals surface area contributed by atoms with E-state index < -0.39 is 0 Å². The van der Waals surface area contributed by atoms with E-state index in [4.69, 9.17) is 0 Å². The number of aromatic amines is 2. The second kappa shape index (κ2) is 5.57. The molecule has 0 amide bonds. The topological polar surface area (TPSA) is 89.6 Å². The highest BCUT2D eigenvalue weighted by atomic mass is 16.3. The molecule has 0 radical (unpaired) electrons. The minimum absolute atomic E-state index is 0.0352. The van der Waals surface area contributed by atoms with E-state index in [1.165, 1.54) is 6.33 Å². The number of nitrogens with one attached hydrogen (secondary N) is 3. The number of H-pyrrole nitrogens is 2. The summed E-state index contributed by atoms with van der Waals surface area (Å²) in [5, 5.41) is 13.7. The van der Waals surface area contributed by atoms with Crippen LogP contribution in [-0.2, 0) is 0 Å². The van der Waals surface area contributed by atoms with Gasteiger partial charge in [-0.2, -0.15) is 0 Å². The van der Waals surface area contributed by atoms with Crippen molar-refractivity contribution in [2.75, 3.05) is 11.9 Å². The van der Waals surface area contributed by atoms with Crippen LogP contribution in [0.25, 0.3) is 22.4 Å². The van der Waals surface area contributed by atoms with Gasteiger partial charge < -0.3 is 20.4 Å². The lowest BCUT2D eigenvalue weighted by Gasteiger charge is -2.20. The van der Waals surface area contributed by atoms with E-state index in [-0.39, 0.29) is 12.6 Å². The summed E-state index contributed by atoms with van der Waals surface area (Å²) in [6.07, 6.45) is 3.40. The predicted molar refractivity (Wildman–Crippen MR) is 83.0 cm³/mol. The molecule has 1 atom stereocenters. The molecule has 0 spiro atoms. The van der Waals surface area contributed by atoms with E-state index >= 15 is 0 Å². The number of hydrogen-bond donors (Lipinski definition) is 4. The lowest BCUT2D eigenvalue weighted by Crippen LogP contribution is -2.29. The SMILES string of the molecule is CC(C)[C@H](CO)Nc1ncnc2[nH]c(-c3ccc[nH]3)cc12. The molecule has 3 heterocycles. The van der Waals surface area contributed by atoms with Gasteiger partial charge in [0.2, 0.25) is 0 Å². The summed E-state index contributed by atoms with van der Waals surface area (Å²) in [6, 6.07) is 5.92. The van der Waals surface area contributed by atoms with Crippen molar-refractivity contribution in [3.8, 4) is 11.4 Å². The van der Waals surface area contributed by atoms with Crippen molar-refractivity contribution in [3.63, 3.8) is 0 Å². The Balaban J connectivity index is 2.00. The zero-order chi connectivity index (χ0) is 14.8. The van der Waals surface area contributed by atoms with Gasteiger partial charge in [0.05, 0.1) is 29.4 Å². The summed E-state index contributed by atoms with van der Waals surface area (Å²) in [7, 11) is 0. The molecule has 0 saturated carbocycles. The summed E-state index contributed by atoms with van der Waals surface area (Å²) < 4.78 is 0. The van der Waals surface area contributed by atoms with E-state index in [9.17, 15) is 5.11 Å². The van der Waals surface area contributed by atoms with Crippen molar-refractivity contribution in [2.45, 2.75) is 19.9 Å². The first-order valence-electron chi connectivity index (χ1n) is 7.04. The molecule has 6 heteroatoms. The zero-order valence-corrected chi connectivity index (χ0v) is 12.1. The van der Waals surface area contributed by atoms with Crippen molar-refractivity contribution in [1.29, 1.82) is 0 Å². The van der Waals surface area contributed by atoms with Crippen LogP contribution < -0.4 is 5.32 Å². The number of aromatic nitrogens is 4. The normalized spacial score (nSPS) is 13.0. The quantitative estimate of drug-likeness (QED) is 0.579. The second-order valence-electron chi connectivity index (χ2n) is 5.43. The molecular formula is C15H19N5O. The highest BCUT2D eigenvalue weighted by Crippen LogP contribution is 2.26.